The van der Waals surface area contributed by atoms with Gasteiger partial charge in [0.15, 0.2) is 0 Å². The van der Waals surface area contributed by atoms with Crippen molar-refractivity contribution in [2.45, 2.75) is 26.7 Å². The topological polar surface area (TPSA) is 85.0 Å². The monoisotopic (exact) mass is 310 g/mol. The minimum atomic E-state index is 0.491. The van der Waals surface area contributed by atoms with Gasteiger partial charge >= 0.3 is 0 Å². The maximum Gasteiger partial charge on any atom is 0.271 e. The Morgan fingerprint density at radius 1 is 1.22 bits per heavy atom. The van der Waals surface area contributed by atoms with E-state index in [0.717, 1.165) is 30.4 Å². The predicted molar refractivity (Wildman–Crippen MR) is 85.0 cm³/mol. The number of hydrogen-bond acceptors (Lipinski definition) is 7. The maximum absolute atomic E-state index is 4.70. The molecular formula is C15H18N8. The van der Waals surface area contributed by atoms with Crippen LogP contribution in [-0.2, 0) is 0 Å². The number of anilines is 1. The van der Waals surface area contributed by atoms with Crippen molar-refractivity contribution in [3.63, 3.8) is 0 Å². The van der Waals surface area contributed by atoms with Crippen LogP contribution in [0.3, 0.4) is 0 Å². The number of fused-ring (bicyclic) bond motifs is 1. The highest BCUT2D eigenvalue weighted by atomic mass is 15.4. The Morgan fingerprint density at radius 3 is 3.00 bits per heavy atom. The van der Waals surface area contributed by atoms with Gasteiger partial charge in [-0.25, -0.2) is 9.97 Å². The van der Waals surface area contributed by atoms with E-state index in [2.05, 4.69) is 37.1 Å². The summed E-state index contributed by atoms with van der Waals surface area (Å²) in [5.41, 5.74) is 2.33. The second kappa shape index (κ2) is 5.53. The molecule has 1 aliphatic heterocycles. The van der Waals surface area contributed by atoms with Crippen molar-refractivity contribution >= 4 is 11.7 Å². The molecule has 1 saturated heterocycles. The summed E-state index contributed by atoms with van der Waals surface area (Å²) in [5.74, 6) is 1.92. The summed E-state index contributed by atoms with van der Waals surface area (Å²) in [5, 5.41) is 12.5. The molecule has 0 aliphatic carbocycles. The van der Waals surface area contributed by atoms with Gasteiger partial charge in [-0.3, -0.25) is 0 Å². The van der Waals surface area contributed by atoms with Crippen LogP contribution in [0.1, 0.15) is 25.5 Å². The van der Waals surface area contributed by atoms with Crippen LogP contribution < -0.4 is 4.90 Å². The Balaban J connectivity index is 1.73. The van der Waals surface area contributed by atoms with E-state index < -0.39 is 0 Å². The molecule has 8 nitrogen and oxygen atoms in total. The molecule has 1 aliphatic rings. The van der Waals surface area contributed by atoms with Gasteiger partial charge in [0.1, 0.15) is 12.0 Å². The number of rotatable bonds is 2. The molecule has 1 atom stereocenters. The second-order valence-corrected chi connectivity index (χ2v) is 6.04. The summed E-state index contributed by atoms with van der Waals surface area (Å²) in [7, 11) is 0. The molecule has 3 aromatic heterocycles. The summed E-state index contributed by atoms with van der Waals surface area (Å²) < 4.78 is 1.67. The van der Waals surface area contributed by atoms with Crippen molar-refractivity contribution in [3.05, 3.63) is 24.3 Å². The van der Waals surface area contributed by atoms with Gasteiger partial charge in [-0.05, 0) is 31.7 Å². The van der Waals surface area contributed by atoms with Crippen LogP contribution >= 0.6 is 0 Å². The molecule has 3 aromatic rings. The smallest absolute Gasteiger partial charge is 0.271 e. The highest BCUT2D eigenvalue weighted by Crippen LogP contribution is 2.23. The average Bonchev–Trinajstić information content (AvgIpc) is 3.05. The Morgan fingerprint density at radius 2 is 2.13 bits per heavy atom. The van der Waals surface area contributed by atoms with Crippen molar-refractivity contribution in [2.75, 3.05) is 18.0 Å². The van der Waals surface area contributed by atoms with Gasteiger partial charge in [-0.2, -0.15) is 14.6 Å². The van der Waals surface area contributed by atoms with E-state index in [1.54, 1.807) is 10.7 Å². The second-order valence-electron chi connectivity index (χ2n) is 6.04. The van der Waals surface area contributed by atoms with Gasteiger partial charge in [-0.15, -0.1) is 10.2 Å². The summed E-state index contributed by atoms with van der Waals surface area (Å²) in [6.45, 7) is 6.21. The molecule has 1 fully saturated rings. The quantitative estimate of drug-likeness (QED) is 0.709. The lowest BCUT2D eigenvalue weighted by Gasteiger charge is -2.30. The van der Waals surface area contributed by atoms with Crippen molar-refractivity contribution in [1.82, 2.24) is 34.8 Å². The highest BCUT2D eigenvalue weighted by molar-refractivity contribution is 5.58. The van der Waals surface area contributed by atoms with E-state index in [1.807, 2.05) is 13.0 Å². The lowest BCUT2D eigenvalue weighted by Crippen LogP contribution is -2.35. The molecule has 0 bridgehead atoms. The van der Waals surface area contributed by atoms with E-state index >= 15 is 0 Å². The molecule has 4 heterocycles. The molecule has 0 N–H and O–H groups in total. The van der Waals surface area contributed by atoms with Gasteiger partial charge in [0.05, 0.1) is 11.4 Å². The molecule has 0 amide bonds. The fraction of sp³-hybridized carbons (Fsp3) is 0.467. The number of hydrogen-bond donors (Lipinski definition) is 0. The first kappa shape index (κ1) is 14.0. The predicted octanol–water partition coefficient (Wildman–Crippen LogP) is 1.52. The Kier molecular flexibility index (Phi) is 3.36. The van der Waals surface area contributed by atoms with Gasteiger partial charge in [0.25, 0.3) is 5.78 Å². The molecule has 0 saturated carbocycles. The Hall–Kier alpha value is -2.64. The Bertz CT molecular complexity index is 842. The van der Waals surface area contributed by atoms with Crippen LogP contribution in [0.25, 0.3) is 17.2 Å². The number of nitrogens with zero attached hydrogens (tertiary/aromatic N) is 8. The first-order valence-electron chi connectivity index (χ1n) is 7.84. The van der Waals surface area contributed by atoms with E-state index in [0.29, 0.717) is 17.4 Å². The van der Waals surface area contributed by atoms with Gasteiger partial charge in [0, 0.05) is 19.3 Å². The number of aromatic nitrogens is 7. The molecule has 4 rings (SSSR count). The molecule has 1 unspecified atom stereocenters. The van der Waals surface area contributed by atoms with Gasteiger partial charge in [-0.1, -0.05) is 6.92 Å². The van der Waals surface area contributed by atoms with E-state index in [4.69, 9.17) is 4.98 Å². The lowest BCUT2D eigenvalue weighted by molar-refractivity contribution is 0.442. The number of piperidine rings is 1. The fourth-order valence-electron chi connectivity index (χ4n) is 3.05. The van der Waals surface area contributed by atoms with Crippen molar-refractivity contribution in [3.8, 4) is 11.4 Å². The zero-order valence-electron chi connectivity index (χ0n) is 13.2. The molecule has 0 radical (unpaired) electrons. The van der Waals surface area contributed by atoms with Crippen molar-refractivity contribution < 1.29 is 0 Å². The Labute approximate surface area is 133 Å². The van der Waals surface area contributed by atoms with Crippen LogP contribution in [0.2, 0.25) is 0 Å². The molecule has 0 spiro atoms. The first-order chi connectivity index (χ1) is 11.2. The third-order valence-electron chi connectivity index (χ3n) is 4.25. The SMILES string of the molecule is Cc1c(-c2ccnc(N3CCCC(C)C3)n2)nnc2ncnn12. The molecular weight excluding hydrogens is 292 g/mol. The summed E-state index contributed by atoms with van der Waals surface area (Å²) >= 11 is 0. The van der Waals surface area contributed by atoms with Crippen LogP contribution in [-0.4, -0.2) is 47.9 Å². The van der Waals surface area contributed by atoms with Crippen LogP contribution in [0.5, 0.6) is 0 Å². The van der Waals surface area contributed by atoms with Crippen LogP contribution in [0.4, 0.5) is 5.95 Å². The standard InChI is InChI=1S/C15H18N8/c1-10-4-3-7-22(8-10)14-16-6-5-12(19-14)13-11(2)23-15(21-20-13)17-9-18-23/h5-6,9-10H,3-4,7-8H2,1-2H3. The average molecular weight is 310 g/mol. The van der Waals surface area contributed by atoms with Gasteiger partial charge in [0.2, 0.25) is 5.95 Å². The highest BCUT2D eigenvalue weighted by Gasteiger charge is 2.20. The molecule has 8 heteroatoms. The summed E-state index contributed by atoms with van der Waals surface area (Å²) in [4.78, 5) is 15.4. The minimum absolute atomic E-state index is 0.491. The van der Waals surface area contributed by atoms with E-state index in [-0.39, 0.29) is 0 Å². The lowest BCUT2D eigenvalue weighted by atomic mass is 10.0. The van der Waals surface area contributed by atoms with Crippen molar-refractivity contribution in [1.29, 1.82) is 0 Å². The molecule has 0 aromatic carbocycles. The zero-order valence-corrected chi connectivity index (χ0v) is 13.2. The molecule has 23 heavy (non-hydrogen) atoms. The molecule has 118 valence electrons. The number of aryl methyl sites for hydroxylation is 1. The maximum atomic E-state index is 4.70. The van der Waals surface area contributed by atoms with Crippen molar-refractivity contribution in [2.24, 2.45) is 5.92 Å². The fourth-order valence-corrected chi connectivity index (χ4v) is 3.05. The third-order valence-corrected chi connectivity index (χ3v) is 4.25. The van der Waals surface area contributed by atoms with E-state index in [9.17, 15) is 0 Å². The van der Waals surface area contributed by atoms with E-state index in [1.165, 1.54) is 19.2 Å². The summed E-state index contributed by atoms with van der Waals surface area (Å²) in [6, 6.07) is 1.86. The largest absolute Gasteiger partial charge is 0.341 e. The zero-order chi connectivity index (χ0) is 15.8. The van der Waals surface area contributed by atoms with Gasteiger partial charge < -0.3 is 4.90 Å². The first-order valence-corrected chi connectivity index (χ1v) is 7.84. The normalized spacial score (nSPS) is 18.5. The van der Waals surface area contributed by atoms with Crippen LogP contribution in [0.15, 0.2) is 18.6 Å². The summed E-state index contributed by atoms with van der Waals surface area (Å²) in [6.07, 6.45) is 5.70. The third kappa shape index (κ3) is 2.49. The minimum Gasteiger partial charge on any atom is -0.341 e. The van der Waals surface area contributed by atoms with Crippen LogP contribution in [0, 0.1) is 12.8 Å².